The number of carbonyl (C=O) groups excluding carboxylic acids is 1. The number of rotatable bonds is 3. The molecule has 1 fully saturated rings. The van der Waals surface area contributed by atoms with Gasteiger partial charge in [-0.1, -0.05) is 22.9 Å². The molecule has 0 saturated carbocycles. The molecular formula is C15H18ClN5OS. The Morgan fingerprint density at radius 1 is 1.30 bits per heavy atom. The van der Waals surface area contributed by atoms with E-state index in [4.69, 9.17) is 11.6 Å². The average molecular weight is 352 g/mol. The Kier molecular flexibility index (Phi) is 4.79. The molecule has 0 aliphatic carbocycles. The van der Waals surface area contributed by atoms with Crippen LogP contribution in [-0.2, 0) is 0 Å². The van der Waals surface area contributed by atoms with Crippen molar-refractivity contribution >= 4 is 39.8 Å². The number of hydrogen-bond acceptors (Lipinski definition) is 6. The lowest BCUT2D eigenvalue weighted by atomic mass is 10.3. The Hall–Kier alpha value is -1.70. The predicted octanol–water partition coefficient (Wildman–Crippen LogP) is 2.63. The van der Waals surface area contributed by atoms with Crippen molar-refractivity contribution in [2.24, 2.45) is 0 Å². The molecule has 0 atom stereocenters. The van der Waals surface area contributed by atoms with E-state index in [9.17, 15) is 4.79 Å². The van der Waals surface area contributed by atoms with Crippen LogP contribution in [0, 0.1) is 6.92 Å². The van der Waals surface area contributed by atoms with Gasteiger partial charge in [0.05, 0.1) is 10.7 Å². The number of aromatic nitrogens is 2. The first-order valence-corrected chi connectivity index (χ1v) is 8.56. The van der Waals surface area contributed by atoms with E-state index in [1.165, 1.54) is 11.3 Å². The normalized spacial score (nSPS) is 15.7. The number of pyridine rings is 1. The Balaban J connectivity index is 1.72. The molecule has 1 aliphatic heterocycles. The number of nitrogens with one attached hydrogen (secondary N) is 1. The number of hydrogen-bond donors (Lipinski definition) is 1. The van der Waals surface area contributed by atoms with Crippen LogP contribution in [0.2, 0.25) is 5.02 Å². The molecule has 1 N–H and O–H groups in total. The fourth-order valence-electron chi connectivity index (χ4n) is 2.36. The molecule has 0 radical (unpaired) electrons. The Bertz CT molecular complexity index is 694. The minimum Gasteiger partial charge on any atom is -0.335 e. The first-order valence-electron chi connectivity index (χ1n) is 7.37. The molecule has 1 aliphatic rings. The van der Waals surface area contributed by atoms with Crippen LogP contribution in [0.5, 0.6) is 0 Å². The van der Waals surface area contributed by atoms with E-state index in [2.05, 4.69) is 27.2 Å². The highest BCUT2D eigenvalue weighted by Crippen LogP contribution is 2.26. The Morgan fingerprint density at radius 3 is 2.70 bits per heavy atom. The summed E-state index contributed by atoms with van der Waals surface area (Å²) in [6, 6.07) is 3.54. The smallest absolute Gasteiger partial charge is 0.266 e. The largest absolute Gasteiger partial charge is 0.335 e. The molecule has 3 rings (SSSR count). The summed E-state index contributed by atoms with van der Waals surface area (Å²) in [7, 11) is 2.07. The van der Waals surface area contributed by atoms with E-state index >= 15 is 0 Å². The highest BCUT2D eigenvalue weighted by Gasteiger charge is 2.24. The van der Waals surface area contributed by atoms with Gasteiger partial charge in [-0.05, 0) is 26.1 Å². The van der Waals surface area contributed by atoms with Crippen LogP contribution in [0.4, 0.5) is 10.9 Å². The van der Waals surface area contributed by atoms with Crippen LogP contribution in [0.15, 0.2) is 18.3 Å². The number of halogens is 1. The molecule has 0 bridgehead atoms. The third-order valence-corrected chi connectivity index (χ3v) is 5.03. The van der Waals surface area contributed by atoms with Gasteiger partial charge in [0, 0.05) is 32.4 Å². The quantitative estimate of drug-likeness (QED) is 0.921. The lowest BCUT2D eigenvalue weighted by molar-refractivity contribution is 0.0668. The number of amides is 1. The number of thiazole rings is 1. The molecule has 1 amide bonds. The van der Waals surface area contributed by atoms with Crippen molar-refractivity contribution in [1.82, 2.24) is 19.8 Å². The highest BCUT2D eigenvalue weighted by atomic mass is 35.5. The molecule has 3 heterocycles. The maximum Gasteiger partial charge on any atom is 0.266 e. The molecule has 8 heteroatoms. The second-order valence-electron chi connectivity index (χ2n) is 5.52. The highest BCUT2D eigenvalue weighted by molar-refractivity contribution is 7.17. The molecule has 2 aromatic heterocycles. The summed E-state index contributed by atoms with van der Waals surface area (Å²) < 4.78 is 0. The molecule has 122 valence electrons. The zero-order chi connectivity index (χ0) is 16.4. The van der Waals surface area contributed by atoms with E-state index in [-0.39, 0.29) is 5.91 Å². The maximum atomic E-state index is 12.7. The summed E-state index contributed by atoms with van der Waals surface area (Å²) in [5, 5.41) is 4.36. The van der Waals surface area contributed by atoms with E-state index < -0.39 is 0 Å². The van der Waals surface area contributed by atoms with E-state index in [0.717, 1.165) is 31.9 Å². The van der Waals surface area contributed by atoms with Crippen LogP contribution in [0.25, 0.3) is 0 Å². The fourth-order valence-corrected chi connectivity index (χ4v) is 3.41. The number of likely N-dealkylation sites (N-methyl/N-ethyl adjacent to an activating group) is 1. The van der Waals surface area contributed by atoms with Crippen LogP contribution >= 0.6 is 22.9 Å². The number of anilines is 2. The first-order chi connectivity index (χ1) is 11.0. The van der Waals surface area contributed by atoms with Crippen molar-refractivity contribution in [3.05, 3.63) is 33.9 Å². The predicted molar refractivity (Wildman–Crippen MR) is 92.8 cm³/mol. The van der Waals surface area contributed by atoms with Gasteiger partial charge in [-0.2, -0.15) is 0 Å². The number of piperazine rings is 1. The molecule has 23 heavy (non-hydrogen) atoms. The summed E-state index contributed by atoms with van der Waals surface area (Å²) in [5.74, 6) is 0.715. The summed E-state index contributed by atoms with van der Waals surface area (Å²) >= 11 is 7.19. The van der Waals surface area contributed by atoms with Crippen LogP contribution in [-0.4, -0.2) is 58.9 Å². The van der Waals surface area contributed by atoms with Gasteiger partial charge in [0.1, 0.15) is 10.7 Å². The number of carbonyl (C=O) groups is 1. The number of aryl methyl sites for hydroxylation is 1. The molecule has 1 saturated heterocycles. The van der Waals surface area contributed by atoms with E-state index in [1.807, 2.05) is 11.8 Å². The SMILES string of the molecule is Cc1nc(Nc2ccc(Cl)cn2)sc1C(=O)N1CCN(C)CC1. The second kappa shape index (κ2) is 6.82. The molecular weight excluding hydrogens is 334 g/mol. The van der Waals surface area contributed by atoms with Crippen LogP contribution in [0.1, 0.15) is 15.4 Å². The van der Waals surface area contributed by atoms with Crippen molar-refractivity contribution in [2.45, 2.75) is 6.92 Å². The van der Waals surface area contributed by atoms with E-state index in [0.29, 0.717) is 20.8 Å². The van der Waals surface area contributed by atoms with Crippen molar-refractivity contribution in [3.8, 4) is 0 Å². The second-order valence-corrected chi connectivity index (χ2v) is 6.95. The fraction of sp³-hybridized carbons (Fsp3) is 0.400. The zero-order valence-electron chi connectivity index (χ0n) is 13.0. The van der Waals surface area contributed by atoms with Crippen LogP contribution < -0.4 is 5.32 Å². The van der Waals surface area contributed by atoms with Crippen molar-refractivity contribution < 1.29 is 4.79 Å². The van der Waals surface area contributed by atoms with Gasteiger partial charge >= 0.3 is 0 Å². The molecule has 0 spiro atoms. The zero-order valence-corrected chi connectivity index (χ0v) is 14.6. The lowest BCUT2D eigenvalue weighted by Crippen LogP contribution is -2.47. The minimum absolute atomic E-state index is 0.0604. The summed E-state index contributed by atoms with van der Waals surface area (Å²) in [5.41, 5.74) is 0.746. The summed E-state index contributed by atoms with van der Waals surface area (Å²) in [4.78, 5) is 26.1. The number of nitrogens with zero attached hydrogens (tertiary/aromatic N) is 4. The van der Waals surface area contributed by atoms with Gasteiger partial charge in [-0.25, -0.2) is 9.97 Å². The van der Waals surface area contributed by atoms with Gasteiger partial charge in [0.2, 0.25) is 0 Å². The Morgan fingerprint density at radius 2 is 2.04 bits per heavy atom. The van der Waals surface area contributed by atoms with Crippen molar-refractivity contribution in [2.75, 3.05) is 38.5 Å². The molecule has 0 unspecified atom stereocenters. The lowest BCUT2D eigenvalue weighted by Gasteiger charge is -2.32. The Labute approximate surface area is 144 Å². The minimum atomic E-state index is 0.0604. The first kappa shape index (κ1) is 16.2. The summed E-state index contributed by atoms with van der Waals surface area (Å²) in [6.07, 6.45) is 1.57. The van der Waals surface area contributed by atoms with Gasteiger partial charge in [-0.3, -0.25) is 4.79 Å². The molecule has 0 aromatic carbocycles. The summed E-state index contributed by atoms with van der Waals surface area (Å²) in [6.45, 7) is 5.19. The van der Waals surface area contributed by atoms with Gasteiger partial charge in [0.15, 0.2) is 5.13 Å². The van der Waals surface area contributed by atoms with Crippen molar-refractivity contribution in [1.29, 1.82) is 0 Å². The van der Waals surface area contributed by atoms with Gasteiger partial charge < -0.3 is 15.1 Å². The van der Waals surface area contributed by atoms with Crippen LogP contribution in [0.3, 0.4) is 0 Å². The third kappa shape index (κ3) is 3.80. The molecule has 6 nitrogen and oxygen atoms in total. The van der Waals surface area contributed by atoms with Gasteiger partial charge in [0.25, 0.3) is 5.91 Å². The monoisotopic (exact) mass is 351 g/mol. The average Bonchev–Trinajstić information content (AvgIpc) is 2.90. The van der Waals surface area contributed by atoms with Crippen molar-refractivity contribution in [3.63, 3.8) is 0 Å². The topological polar surface area (TPSA) is 61.4 Å². The molecule has 2 aromatic rings. The standard InChI is InChI=1S/C15H18ClN5OS/c1-10-13(14(22)21-7-5-20(2)6-8-21)23-15(18-10)19-12-4-3-11(16)9-17-12/h3-4,9H,5-8H2,1-2H3,(H,17,18,19). The third-order valence-electron chi connectivity index (χ3n) is 3.74. The maximum absolute atomic E-state index is 12.7. The van der Waals surface area contributed by atoms with Gasteiger partial charge in [-0.15, -0.1) is 0 Å². The van der Waals surface area contributed by atoms with E-state index in [1.54, 1.807) is 18.3 Å².